The Kier molecular flexibility index (Phi) is 7.67. The molecule has 0 aliphatic heterocycles. The SMILES string of the molecule is C[C@H](NC(=O)/C=C/c1ccccc1)C(=O)O[C@H](C)C(=O)Nc1sccc1C(N)=O. The first-order chi connectivity index (χ1) is 13.8. The van der Waals surface area contributed by atoms with Crippen molar-refractivity contribution < 1.29 is 23.9 Å². The maximum absolute atomic E-state index is 12.2. The molecule has 0 fully saturated rings. The van der Waals surface area contributed by atoms with Crippen LogP contribution < -0.4 is 16.4 Å². The molecule has 8 nitrogen and oxygen atoms in total. The van der Waals surface area contributed by atoms with Crippen molar-refractivity contribution in [2.24, 2.45) is 5.73 Å². The van der Waals surface area contributed by atoms with E-state index >= 15 is 0 Å². The molecule has 0 radical (unpaired) electrons. The van der Waals surface area contributed by atoms with Crippen LogP contribution in [0, 0.1) is 0 Å². The second kappa shape index (κ2) is 10.2. The van der Waals surface area contributed by atoms with Gasteiger partial charge in [0.05, 0.1) is 5.56 Å². The average Bonchev–Trinajstić information content (AvgIpc) is 3.15. The van der Waals surface area contributed by atoms with Crippen molar-refractivity contribution in [3.8, 4) is 0 Å². The van der Waals surface area contributed by atoms with Gasteiger partial charge in [-0.2, -0.15) is 0 Å². The maximum atomic E-state index is 12.2. The van der Waals surface area contributed by atoms with Crippen LogP contribution in [0.5, 0.6) is 0 Å². The highest BCUT2D eigenvalue weighted by molar-refractivity contribution is 7.14. The quantitative estimate of drug-likeness (QED) is 0.448. The number of benzene rings is 1. The second-order valence-corrected chi connectivity index (χ2v) is 6.99. The predicted octanol–water partition coefficient (Wildman–Crippen LogP) is 1.94. The average molecular weight is 415 g/mol. The van der Waals surface area contributed by atoms with Gasteiger partial charge in [-0.05, 0) is 36.9 Å². The molecule has 0 unspecified atom stereocenters. The number of hydrogen-bond donors (Lipinski definition) is 3. The normalized spacial score (nSPS) is 12.8. The van der Waals surface area contributed by atoms with Crippen LogP contribution in [0.15, 0.2) is 47.9 Å². The molecule has 29 heavy (non-hydrogen) atoms. The molecule has 2 aromatic rings. The molecule has 0 aliphatic rings. The van der Waals surface area contributed by atoms with Gasteiger partial charge in [0, 0.05) is 6.08 Å². The molecule has 1 heterocycles. The van der Waals surface area contributed by atoms with Crippen LogP contribution >= 0.6 is 11.3 Å². The summed E-state index contributed by atoms with van der Waals surface area (Å²) in [6, 6.07) is 9.73. The summed E-state index contributed by atoms with van der Waals surface area (Å²) in [4.78, 5) is 47.6. The van der Waals surface area contributed by atoms with Gasteiger partial charge in [-0.15, -0.1) is 11.3 Å². The van der Waals surface area contributed by atoms with Crippen LogP contribution in [0.4, 0.5) is 5.00 Å². The van der Waals surface area contributed by atoms with Gasteiger partial charge in [-0.3, -0.25) is 14.4 Å². The Balaban J connectivity index is 1.85. The monoisotopic (exact) mass is 415 g/mol. The molecular formula is C20H21N3O5S. The Morgan fingerprint density at radius 2 is 1.79 bits per heavy atom. The van der Waals surface area contributed by atoms with E-state index in [1.165, 1.54) is 26.0 Å². The van der Waals surface area contributed by atoms with Gasteiger partial charge in [0.2, 0.25) is 5.91 Å². The predicted molar refractivity (Wildman–Crippen MR) is 110 cm³/mol. The van der Waals surface area contributed by atoms with Crippen molar-refractivity contribution in [2.45, 2.75) is 26.0 Å². The maximum Gasteiger partial charge on any atom is 0.329 e. The summed E-state index contributed by atoms with van der Waals surface area (Å²) >= 11 is 1.12. The third-order valence-electron chi connectivity index (χ3n) is 3.77. The molecule has 2 atom stereocenters. The minimum Gasteiger partial charge on any atom is -0.451 e. The van der Waals surface area contributed by atoms with Gasteiger partial charge >= 0.3 is 5.97 Å². The number of nitrogens with one attached hydrogen (secondary N) is 2. The number of carbonyl (C=O) groups is 4. The summed E-state index contributed by atoms with van der Waals surface area (Å²) < 4.78 is 5.09. The van der Waals surface area contributed by atoms with Gasteiger partial charge in [0.25, 0.3) is 11.8 Å². The number of esters is 1. The molecule has 9 heteroatoms. The molecule has 4 N–H and O–H groups in total. The van der Waals surface area contributed by atoms with Crippen LogP contribution in [0.3, 0.4) is 0 Å². The van der Waals surface area contributed by atoms with Crippen LogP contribution in [-0.4, -0.2) is 35.8 Å². The summed E-state index contributed by atoms with van der Waals surface area (Å²) in [7, 11) is 0. The fourth-order valence-electron chi connectivity index (χ4n) is 2.20. The zero-order chi connectivity index (χ0) is 21.4. The minimum absolute atomic E-state index is 0.174. The van der Waals surface area contributed by atoms with E-state index in [0.717, 1.165) is 16.9 Å². The Bertz CT molecular complexity index is 923. The van der Waals surface area contributed by atoms with Crippen molar-refractivity contribution in [1.29, 1.82) is 0 Å². The van der Waals surface area contributed by atoms with Gasteiger partial charge in [0.15, 0.2) is 6.10 Å². The van der Waals surface area contributed by atoms with Crippen molar-refractivity contribution >= 4 is 46.1 Å². The number of ether oxygens (including phenoxy) is 1. The minimum atomic E-state index is -1.13. The van der Waals surface area contributed by atoms with Crippen LogP contribution in [0.1, 0.15) is 29.8 Å². The molecule has 2 rings (SSSR count). The molecule has 0 spiro atoms. The smallest absolute Gasteiger partial charge is 0.329 e. The van der Waals surface area contributed by atoms with Crippen molar-refractivity contribution in [2.75, 3.05) is 5.32 Å². The first-order valence-corrected chi connectivity index (χ1v) is 9.58. The lowest BCUT2D eigenvalue weighted by Crippen LogP contribution is -2.41. The van der Waals surface area contributed by atoms with E-state index in [-0.39, 0.29) is 10.6 Å². The number of thiophene rings is 1. The Morgan fingerprint density at radius 1 is 1.10 bits per heavy atom. The summed E-state index contributed by atoms with van der Waals surface area (Å²) in [6.07, 6.45) is 1.78. The number of carbonyl (C=O) groups excluding carboxylic acids is 4. The fraction of sp³-hybridized carbons (Fsp3) is 0.200. The summed E-state index contributed by atoms with van der Waals surface area (Å²) in [5.74, 6) is -2.53. The highest BCUT2D eigenvalue weighted by Crippen LogP contribution is 2.23. The second-order valence-electron chi connectivity index (χ2n) is 6.07. The molecule has 1 aromatic carbocycles. The molecule has 0 saturated heterocycles. The number of amides is 3. The summed E-state index contributed by atoms with van der Waals surface area (Å²) in [5, 5.41) is 6.85. The molecule has 0 aliphatic carbocycles. The third kappa shape index (κ3) is 6.58. The topological polar surface area (TPSA) is 128 Å². The Hall–Kier alpha value is -3.46. The largest absolute Gasteiger partial charge is 0.451 e. The summed E-state index contributed by atoms with van der Waals surface area (Å²) in [6.45, 7) is 2.83. The van der Waals surface area contributed by atoms with Crippen LogP contribution in [-0.2, 0) is 19.1 Å². The van der Waals surface area contributed by atoms with Crippen molar-refractivity contribution in [3.63, 3.8) is 0 Å². The lowest BCUT2D eigenvalue weighted by Gasteiger charge is -2.17. The van der Waals surface area contributed by atoms with Crippen molar-refractivity contribution in [1.82, 2.24) is 5.32 Å². The molecule has 152 valence electrons. The summed E-state index contributed by atoms with van der Waals surface area (Å²) in [5.41, 5.74) is 6.24. The van der Waals surface area contributed by atoms with E-state index in [2.05, 4.69) is 10.6 Å². The molecule has 0 bridgehead atoms. The highest BCUT2D eigenvalue weighted by Gasteiger charge is 2.24. The number of rotatable bonds is 8. The van der Waals surface area contributed by atoms with E-state index in [1.807, 2.05) is 30.3 Å². The highest BCUT2D eigenvalue weighted by atomic mass is 32.1. The lowest BCUT2D eigenvalue weighted by molar-refractivity contribution is -0.155. The number of primary amides is 1. The van der Waals surface area contributed by atoms with E-state index in [1.54, 1.807) is 11.5 Å². The standard InChI is InChI=1S/C20H21N3O5S/c1-12(22-16(24)9-8-14-6-4-3-5-7-14)20(27)28-13(2)18(26)23-19-15(17(21)25)10-11-29-19/h3-13H,1-2H3,(H2,21,25)(H,22,24)(H,23,26)/b9-8+/t12-,13+/m0/s1. The lowest BCUT2D eigenvalue weighted by atomic mass is 10.2. The zero-order valence-electron chi connectivity index (χ0n) is 15.9. The van der Waals surface area contributed by atoms with Gasteiger partial charge in [0.1, 0.15) is 11.0 Å². The molecular weight excluding hydrogens is 394 g/mol. The molecule has 3 amide bonds. The van der Waals surface area contributed by atoms with E-state index in [9.17, 15) is 19.2 Å². The number of hydrogen-bond acceptors (Lipinski definition) is 6. The third-order valence-corrected chi connectivity index (χ3v) is 4.60. The molecule has 1 aromatic heterocycles. The fourth-order valence-corrected chi connectivity index (χ4v) is 3.00. The first kappa shape index (κ1) is 21.8. The number of nitrogens with two attached hydrogens (primary N) is 1. The van der Waals surface area contributed by atoms with E-state index < -0.39 is 35.8 Å². The Labute approximate surface area is 171 Å². The van der Waals surface area contributed by atoms with Gasteiger partial charge < -0.3 is 21.1 Å². The Morgan fingerprint density at radius 3 is 2.45 bits per heavy atom. The zero-order valence-corrected chi connectivity index (χ0v) is 16.7. The van der Waals surface area contributed by atoms with E-state index in [4.69, 9.17) is 10.5 Å². The van der Waals surface area contributed by atoms with Gasteiger partial charge in [-0.25, -0.2) is 4.79 Å². The number of anilines is 1. The van der Waals surface area contributed by atoms with Gasteiger partial charge in [-0.1, -0.05) is 30.3 Å². The molecule has 0 saturated carbocycles. The van der Waals surface area contributed by atoms with E-state index in [0.29, 0.717) is 0 Å². The van der Waals surface area contributed by atoms with Crippen LogP contribution in [0.25, 0.3) is 6.08 Å². The van der Waals surface area contributed by atoms with Crippen molar-refractivity contribution in [3.05, 3.63) is 59.0 Å². The first-order valence-electron chi connectivity index (χ1n) is 8.70. The van der Waals surface area contributed by atoms with Crippen LogP contribution in [0.2, 0.25) is 0 Å².